The van der Waals surface area contributed by atoms with Crippen molar-refractivity contribution >= 4 is 11.4 Å². The molecule has 0 spiro atoms. The van der Waals surface area contributed by atoms with Gasteiger partial charge < -0.3 is 11.5 Å². The minimum atomic E-state index is -0.202. The molecule has 4 N–H and O–H groups in total. The smallest absolute Gasteiger partial charge is 0.184 e. The molecule has 6 heteroatoms. The normalized spacial score (nSPS) is 11.7. The third-order valence-electron chi connectivity index (χ3n) is 2.42. The molecular weight excluding hydrogens is 216 g/mol. The molecule has 0 atom stereocenters. The highest BCUT2D eigenvalue weighted by molar-refractivity contribution is 5.74. The number of aromatic nitrogens is 4. The molecule has 0 saturated carbocycles. The van der Waals surface area contributed by atoms with Crippen LogP contribution in [-0.2, 0) is 5.54 Å². The lowest BCUT2D eigenvalue weighted by atomic mass is 10.1. The Balaban J connectivity index is 2.58. The average molecular weight is 232 g/mol. The molecule has 0 bridgehead atoms. The Hall–Kier alpha value is -2.11. The molecule has 90 valence electrons. The molecule has 0 amide bonds. The minimum absolute atomic E-state index is 0.202. The number of tetrazole rings is 1. The van der Waals surface area contributed by atoms with E-state index in [9.17, 15) is 0 Å². The maximum Gasteiger partial charge on any atom is 0.184 e. The van der Waals surface area contributed by atoms with E-state index < -0.39 is 0 Å². The van der Waals surface area contributed by atoms with E-state index in [1.54, 1.807) is 16.8 Å². The molecule has 0 saturated heterocycles. The highest BCUT2D eigenvalue weighted by Crippen LogP contribution is 2.28. The van der Waals surface area contributed by atoms with Crippen LogP contribution in [0, 0.1) is 0 Å². The van der Waals surface area contributed by atoms with Gasteiger partial charge in [0, 0.05) is 16.9 Å². The van der Waals surface area contributed by atoms with Crippen molar-refractivity contribution in [2.45, 2.75) is 26.3 Å². The Labute approximate surface area is 99.6 Å². The zero-order chi connectivity index (χ0) is 12.6. The number of anilines is 2. The van der Waals surface area contributed by atoms with Gasteiger partial charge in [0.2, 0.25) is 0 Å². The zero-order valence-corrected chi connectivity index (χ0v) is 10.2. The Morgan fingerprint density at radius 1 is 1.18 bits per heavy atom. The Morgan fingerprint density at radius 3 is 2.47 bits per heavy atom. The standard InChI is InChI=1S/C11H16N6/c1-11(2,3)17-10(14-15-16-17)8-5-4-7(12)6-9(8)13/h4-6H,12-13H2,1-3H3. The van der Waals surface area contributed by atoms with Gasteiger partial charge in [0.15, 0.2) is 5.82 Å². The summed E-state index contributed by atoms with van der Waals surface area (Å²) in [6, 6.07) is 5.32. The summed E-state index contributed by atoms with van der Waals surface area (Å²) in [7, 11) is 0. The van der Waals surface area contributed by atoms with Crippen LogP contribution in [-0.4, -0.2) is 20.2 Å². The summed E-state index contributed by atoms with van der Waals surface area (Å²) in [4.78, 5) is 0. The summed E-state index contributed by atoms with van der Waals surface area (Å²) in [5.74, 6) is 0.648. The molecule has 1 heterocycles. The van der Waals surface area contributed by atoms with Crippen LogP contribution in [0.15, 0.2) is 18.2 Å². The number of hydrogen-bond acceptors (Lipinski definition) is 5. The van der Waals surface area contributed by atoms with Crippen molar-refractivity contribution in [1.82, 2.24) is 20.2 Å². The number of benzene rings is 1. The summed E-state index contributed by atoms with van der Waals surface area (Å²) in [5, 5.41) is 11.7. The lowest BCUT2D eigenvalue weighted by molar-refractivity contribution is 0.351. The molecule has 0 fully saturated rings. The van der Waals surface area contributed by atoms with E-state index in [-0.39, 0.29) is 5.54 Å². The first-order valence-corrected chi connectivity index (χ1v) is 5.34. The van der Waals surface area contributed by atoms with Gasteiger partial charge in [-0.05, 0) is 49.4 Å². The van der Waals surface area contributed by atoms with Gasteiger partial charge in [-0.25, -0.2) is 4.68 Å². The predicted octanol–water partition coefficient (Wildman–Crippen LogP) is 1.26. The molecule has 1 aromatic heterocycles. The van der Waals surface area contributed by atoms with E-state index in [2.05, 4.69) is 15.5 Å². The quantitative estimate of drug-likeness (QED) is 0.721. The van der Waals surface area contributed by atoms with Crippen LogP contribution in [0.1, 0.15) is 20.8 Å². The first-order valence-electron chi connectivity index (χ1n) is 5.34. The third-order valence-corrected chi connectivity index (χ3v) is 2.42. The average Bonchev–Trinajstić information content (AvgIpc) is 2.65. The molecule has 0 aliphatic heterocycles. The van der Waals surface area contributed by atoms with Crippen molar-refractivity contribution in [1.29, 1.82) is 0 Å². The zero-order valence-electron chi connectivity index (χ0n) is 10.2. The van der Waals surface area contributed by atoms with Gasteiger partial charge >= 0.3 is 0 Å². The molecule has 0 unspecified atom stereocenters. The number of rotatable bonds is 1. The fourth-order valence-corrected chi connectivity index (χ4v) is 1.59. The first kappa shape index (κ1) is 11.4. The second kappa shape index (κ2) is 3.73. The second-order valence-corrected chi connectivity index (χ2v) is 4.93. The monoisotopic (exact) mass is 232 g/mol. The van der Waals surface area contributed by atoms with E-state index in [1.165, 1.54) is 0 Å². The Kier molecular flexibility index (Phi) is 2.49. The van der Waals surface area contributed by atoms with Crippen LogP contribution < -0.4 is 11.5 Å². The lowest BCUT2D eigenvalue weighted by Gasteiger charge is -2.20. The number of hydrogen-bond donors (Lipinski definition) is 2. The topological polar surface area (TPSA) is 95.6 Å². The number of nitrogens with two attached hydrogens (primary N) is 2. The van der Waals surface area contributed by atoms with Crippen molar-refractivity contribution in [2.24, 2.45) is 0 Å². The van der Waals surface area contributed by atoms with E-state index >= 15 is 0 Å². The van der Waals surface area contributed by atoms with Crippen LogP contribution in [0.3, 0.4) is 0 Å². The summed E-state index contributed by atoms with van der Waals surface area (Å²) < 4.78 is 1.74. The maximum absolute atomic E-state index is 5.94. The summed E-state index contributed by atoms with van der Waals surface area (Å²) in [6.45, 7) is 6.08. The Bertz CT molecular complexity index is 537. The van der Waals surface area contributed by atoms with Crippen molar-refractivity contribution in [3.63, 3.8) is 0 Å². The molecule has 6 nitrogen and oxygen atoms in total. The van der Waals surface area contributed by atoms with Crippen LogP contribution in [0.4, 0.5) is 11.4 Å². The molecule has 1 aromatic carbocycles. The van der Waals surface area contributed by atoms with Gasteiger partial charge in [-0.2, -0.15) is 0 Å². The van der Waals surface area contributed by atoms with Crippen LogP contribution in [0.25, 0.3) is 11.4 Å². The molecule has 17 heavy (non-hydrogen) atoms. The minimum Gasteiger partial charge on any atom is -0.399 e. The maximum atomic E-state index is 5.94. The molecule has 2 rings (SSSR count). The van der Waals surface area contributed by atoms with E-state index in [1.807, 2.05) is 26.8 Å². The number of nitrogen functional groups attached to an aromatic ring is 2. The van der Waals surface area contributed by atoms with Crippen molar-refractivity contribution in [2.75, 3.05) is 11.5 Å². The van der Waals surface area contributed by atoms with Gasteiger partial charge in [-0.15, -0.1) is 5.10 Å². The summed E-state index contributed by atoms with van der Waals surface area (Å²) >= 11 is 0. The van der Waals surface area contributed by atoms with Gasteiger partial charge in [0.1, 0.15) is 0 Å². The molecule has 2 aromatic rings. The largest absolute Gasteiger partial charge is 0.399 e. The van der Waals surface area contributed by atoms with E-state index in [0.29, 0.717) is 17.2 Å². The third kappa shape index (κ3) is 2.06. The fourth-order valence-electron chi connectivity index (χ4n) is 1.59. The summed E-state index contributed by atoms with van der Waals surface area (Å²) in [6.07, 6.45) is 0. The first-order chi connectivity index (χ1) is 7.89. The van der Waals surface area contributed by atoms with Crippen LogP contribution in [0.5, 0.6) is 0 Å². The van der Waals surface area contributed by atoms with Crippen molar-refractivity contribution in [3.8, 4) is 11.4 Å². The highest BCUT2D eigenvalue weighted by atomic mass is 15.6. The molecule has 0 aliphatic rings. The van der Waals surface area contributed by atoms with E-state index in [0.717, 1.165) is 5.56 Å². The van der Waals surface area contributed by atoms with Crippen LogP contribution >= 0.6 is 0 Å². The Morgan fingerprint density at radius 2 is 1.88 bits per heavy atom. The van der Waals surface area contributed by atoms with E-state index in [4.69, 9.17) is 11.5 Å². The van der Waals surface area contributed by atoms with Gasteiger partial charge in [0.05, 0.1) is 5.54 Å². The fraction of sp³-hybridized carbons (Fsp3) is 0.364. The SMILES string of the molecule is CC(C)(C)n1nnnc1-c1ccc(N)cc1N. The summed E-state index contributed by atoms with van der Waals surface area (Å²) in [5.41, 5.74) is 13.4. The second-order valence-electron chi connectivity index (χ2n) is 4.93. The molecular formula is C11H16N6. The van der Waals surface area contributed by atoms with Crippen LogP contribution in [0.2, 0.25) is 0 Å². The lowest BCUT2D eigenvalue weighted by Crippen LogP contribution is -2.24. The van der Waals surface area contributed by atoms with Gasteiger partial charge in [0.25, 0.3) is 0 Å². The van der Waals surface area contributed by atoms with Crippen molar-refractivity contribution in [3.05, 3.63) is 18.2 Å². The highest BCUT2D eigenvalue weighted by Gasteiger charge is 2.21. The molecule has 0 radical (unpaired) electrons. The van der Waals surface area contributed by atoms with Gasteiger partial charge in [-0.3, -0.25) is 0 Å². The molecule has 0 aliphatic carbocycles. The van der Waals surface area contributed by atoms with Crippen molar-refractivity contribution < 1.29 is 0 Å². The number of nitrogens with zero attached hydrogens (tertiary/aromatic N) is 4. The predicted molar refractivity (Wildman–Crippen MR) is 67.1 cm³/mol. The van der Waals surface area contributed by atoms with Gasteiger partial charge in [-0.1, -0.05) is 0 Å².